The van der Waals surface area contributed by atoms with Crippen molar-refractivity contribution in [1.29, 1.82) is 0 Å². The molecule has 0 bridgehead atoms. The number of hydrogen-bond donors (Lipinski definition) is 1. The van der Waals surface area contributed by atoms with Crippen molar-refractivity contribution in [2.75, 3.05) is 6.61 Å². The van der Waals surface area contributed by atoms with Gasteiger partial charge in [0.15, 0.2) is 0 Å². The number of rotatable bonds is 6. The van der Waals surface area contributed by atoms with Crippen LogP contribution in [0.5, 0.6) is 17.2 Å². The van der Waals surface area contributed by atoms with Gasteiger partial charge in [-0.15, -0.1) is 0 Å². The maximum atomic E-state index is 5.82. The highest BCUT2D eigenvalue weighted by Gasteiger charge is 2.02. The molecule has 0 atom stereocenters. The molecule has 20 heavy (non-hydrogen) atoms. The van der Waals surface area contributed by atoms with E-state index < -0.39 is 0 Å². The van der Waals surface area contributed by atoms with Crippen LogP contribution in [0.3, 0.4) is 0 Å². The first-order chi connectivity index (χ1) is 9.72. The normalized spacial score (nSPS) is 10.3. The first-order valence-corrected chi connectivity index (χ1v) is 6.93. The van der Waals surface area contributed by atoms with E-state index in [-0.39, 0.29) is 0 Å². The Labute approximate surface area is 120 Å². The molecule has 0 unspecified atom stereocenters. The first-order valence-electron chi connectivity index (χ1n) is 6.93. The average molecular weight is 271 g/mol. The molecule has 0 radical (unpaired) electrons. The predicted octanol–water partition coefficient (Wildman–Crippen LogP) is 4.03. The Kier molecular flexibility index (Phi) is 5.02. The molecular formula is C17H21NO2. The Balaban J connectivity index is 2.04. The van der Waals surface area contributed by atoms with Gasteiger partial charge in [0.2, 0.25) is 0 Å². The highest BCUT2D eigenvalue weighted by Crippen LogP contribution is 2.25. The number of aryl methyl sites for hydroxylation is 1. The number of ether oxygens (including phenoxy) is 2. The highest BCUT2D eigenvalue weighted by molar-refractivity contribution is 5.39. The van der Waals surface area contributed by atoms with Gasteiger partial charge in [-0.3, -0.25) is 0 Å². The Bertz CT molecular complexity index is 549. The van der Waals surface area contributed by atoms with E-state index in [1.807, 2.05) is 49.4 Å². The molecule has 2 rings (SSSR count). The Morgan fingerprint density at radius 2 is 1.60 bits per heavy atom. The summed E-state index contributed by atoms with van der Waals surface area (Å²) in [4.78, 5) is 0. The molecule has 0 heterocycles. The van der Waals surface area contributed by atoms with E-state index in [0.29, 0.717) is 6.54 Å². The van der Waals surface area contributed by atoms with Crippen LogP contribution < -0.4 is 15.2 Å². The number of benzene rings is 2. The zero-order chi connectivity index (χ0) is 14.4. The lowest BCUT2D eigenvalue weighted by Crippen LogP contribution is -1.99. The lowest BCUT2D eigenvalue weighted by Gasteiger charge is -2.10. The van der Waals surface area contributed by atoms with Crippen LogP contribution >= 0.6 is 0 Å². The van der Waals surface area contributed by atoms with E-state index in [4.69, 9.17) is 15.2 Å². The monoisotopic (exact) mass is 271 g/mol. The topological polar surface area (TPSA) is 44.5 Å². The second kappa shape index (κ2) is 6.96. The Morgan fingerprint density at radius 3 is 2.20 bits per heavy atom. The summed E-state index contributed by atoms with van der Waals surface area (Å²) in [6.07, 6.45) is 1.00. The summed E-state index contributed by atoms with van der Waals surface area (Å²) < 4.78 is 11.4. The summed E-state index contributed by atoms with van der Waals surface area (Å²) in [5.41, 5.74) is 7.94. The number of nitrogens with two attached hydrogens (primary N) is 1. The van der Waals surface area contributed by atoms with Gasteiger partial charge < -0.3 is 15.2 Å². The van der Waals surface area contributed by atoms with Gasteiger partial charge in [-0.2, -0.15) is 0 Å². The quantitative estimate of drug-likeness (QED) is 0.862. The second-order valence-electron chi connectivity index (χ2n) is 4.71. The summed E-state index contributed by atoms with van der Waals surface area (Å²) in [6, 6.07) is 13.6. The van der Waals surface area contributed by atoms with Crippen molar-refractivity contribution in [2.45, 2.75) is 26.8 Å². The Morgan fingerprint density at radius 1 is 0.950 bits per heavy atom. The minimum Gasteiger partial charge on any atom is -0.494 e. The molecule has 2 aromatic rings. The smallest absolute Gasteiger partial charge is 0.127 e. The van der Waals surface area contributed by atoms with Gasteiger partial charge in [-0.05, 0) is 60.9 Å². The molecule has 2 aromatic carbocycles. The van der Waals surface area contributed by atoms with Crippen LogP contribution in [0, 0.1) is 6.92 Å². The zero-order valence-corrected chi connectivity index (χ0v) is 12.1. The fraction of sp³-hybridized carbons (Fsp3) is 0.294. The summed E-state index contributed by atoms with van der Waals surface area (Å²) in [6.45, 7) is 5.41. The molecule has 0 spiro atoms. The summed E-state index contributed by atoms with van der Waals surface area (Å²) in [5.74, 6) is 2.49. The van der Waals surface area contributed by atoms with Crippen LogP contribution in [0.4, 0.5) is 0 Å². The predicted molar refractivity (Wildman–Crippen MR) is 81.4 cm³/mol. The lowest BCUT2D eigenvalue weighted by atomic mass is 10.1. The molecule has 0 aliphatic carbocycles. The van der Waals surface area contributed by atoms with Crippen molar-refractivity contribution in [3.8, 4) is 17.2 Å². The van der Waals surface area contributed by atoms with Gasteiger partial charge in [0.1, 0.15) is 17.2 Å². The minimum atomic E-state index is 0.551. The summed E-state index contributed by atoms with van der Waals surface area (Å²) >= 11 is 0. The third kappa shape index (κ3) is 3.75. The van der Waals surface area contributed by atoms with Crippen LogP contribution in [0.25, 0.3) is 0 Å². The molecular weight excluding hydrogens is 250 g/mol. The second-order valence-corrected chi connectivity index (χ2v) is 4.71. The van der Waals surface area contributed by atoms with Gasteiger partial charge in [0.25, 0.3) is 0 Å². The van der Waals surface area contributed by atoms with E-state index in [1.54, 1.807) is 0 Å². The van der Waals surface area contributed by atoms with Gasteiger partial charge in [0.05, 0.1) is 6.61 Å². The van der Waals surface area contributed by atoms with Crippen molar-refractivity contribution in [3.05, 3.63) is 53.6 Å². The molecule has 106 valence electrons. The van der Waals surface area contributed by atoms with Crippen molar-refractivity contribution >= 4 is 0 Å². The van der Waals surface area contributed by atoms with E-state index in [0.717, 1.165) is 41.4 Å². The standard InChI is InChI=1S/C17H21NO2/c1-3-10-19-15-6-8-16(9-7-15)20-17-5-4-14(12-18)13(2)11-17/h4-9,11H,3,10,12,18H2,1-2H3. The largest absolute Gasteiger partial charge is 0.494 e. The van der Waals surface area contributed by atoms with E-state index in [2.05, 4.69) is 6.92 Å². The molecule has 0 fully saturated rings. The van der Waals surface area contributed by atoms with E-state index in [1.165, 1.54) is 0 Å². The zero-order valence-electron chi connectivity index (χ0n) is 12.1. The van der Waals surface area contributed by atoms with Crippen LogP contribution in [0.15, 0.2) is 42.5 Å². The van der Waals surface area contributed by atoms with Crippen molar-refractivity contribution < 1.29 is 9.47 Å². The van der Waals surface area contributed by atoms with E-state index >= 15 is 0 Å². The summed E-state index contributed by atoms with van der Waals surface area (Å²) in [5, 5.41) is 0. The van der Waals surface area contributed by atoms with Gasteiger partial charge >= 0.3 is 0 Å². The van der Waals surface area contributed by atoms with Gasteiger partial charge in [-0.25, -0.2) is 0 Å². The molecule has 3 nitrogen and oxygen atoms in total. The van der Waals surface area contributed by atoms with Gasteiger partial charge in [-0.1, -0.05) is 13.0 Å². The molecule has 0 aliphatic heterocycles. The molecule has 3 heteroatoms. The maximum Gasteiger partial charge on any atom is 0.127 e. The van der Waals surface area contributed by atoms with Crippen LogP contribution in [0.1, 0.15) is 24.5 Å². The third-order valence-electron chi connectivity index (χ3n) is 3.07. The average Bonchev–Trinajstić information content (AvgIpc) is 2.47. The van der Waals surface area contributed by atoms with Gasteiger partial charge in [0, 0.05) is 6.54 Å². The Hall–Kier alpha value is -2.00. The van der Waals surface area contributed by atoms with Crippen molar-refractivity contribution in [2.24, 2.45) is 5.73 Å². The molecule has 0 amide bonds. The molecule has 0 saturated heterocycles. The van der Waals surface area contributed by atoms with Crippen molar-refractivity contribution in [1.82, 2.24) is 0 Å². The van der Waals surface area contributed by atoms with E-state index in [9.17, 15) is 0 Å². The fourth-order valence-electron chi connectivity index (χ4n) is 1.92. The summed E-state index contributed by atoms with van der Waals surface area (Å²) in [7, 11) is 0. The third-order valence-corrected chi connectivity index (χ3v) is 3.07. The maximum absolute atomic E-state index is 5.82. The molecule has 0 saturated carbocycles. The molecule has 0 aliphatic rings. The van der Waals surface area contributed by atoms with Crippen LogP contribution in [0.2, 0.25) is 0 Å². The number of hydrogen-bond acceptors (Lipinski definition) is 3. The molecule has 0 aromatic heterocycles. The fourth-order valence-corrected chi connectivity index (χ4v) is 1.92. The van der Waals surface area contributed by atoms with Crippen LogP contribution in [-0.4, -0.2) is 6.61 Å². The molecule has 2 N–H and O–H groups in total. The minimum absolute atomic E-state index is 0.551. The highest BCUT2D eigenvalue weighted by atomic mass is 16.5. The van der Waals surface area contributed by atoms with Crippen molar-refractivity contribution in [3.63, 3.8) is 0 Å². The lowest BCUT2D eigenvalue weighted by molar-refractivity contribution is 0.317. The van der Waals surface area contributed by atoms with Crippen LogP contribution in [-0.2, 0) is 6.54 Å². The first kappa shape index (κ1) is 14.4. The SMILES string of the molecule is CCCOc1ccc(Oc2ccc(CN)c(C)c2)cc1.